The molecule has 0 bridgehead atoms. The third kappa shape index (κ3) is 2.50. The Morgan fingerprint density at radius 1 is 1.35 bits per heavy atom. The Kier molecular flexibility index (Phi) is 3.37. The van der Waals surface area contributed by atoms with E-state index in [1.165, 1.54) is 6.07 Å². The van der Waals surface area contributed by atoms with Crippen molar-refractivity contribution in [2.75, 3.05) is 11.9 Å². The minimum Gasteiger partial charge on any atom is -0.369 e. The SMILES string of the molecule is Cc1ccc(N=c2ncc3cc(Br)c4n(c-3n2)CCN4)cc1F. The van der Waals surface area contributed by atoms with Crippen molar-refractivity contribution >= 4 is 27.4 Å². The summed E-state index contributed by atoms with van der Waals surface area (Å²) in [6, 6.07) is 6.83. The Hall–Kier alpha value is -2.28. The van der Waals surface area contributed by atoms with Crippen LogP contribution in [0.5, 0.6) is 0 Å². The molecule has 116 valence electrons. The van der Waals surface area contributed by atoms with E-state index < -0.39 is 0 Å². The number of hydrogen-bond donors (Lipinski definition) is 1. The highest BCUT2D eigenvalue weighted by Crippen LogP contribution is 2.33. The monoisotopic (exact) mass is 373 g/mol. The zero-order valence-electron chi connectivity index (χ0n) is 12.3. The summed E-state index contributed by atoms with van der Waals surface area (Å²) in [7, 11) is 0. The Labute approximate surface area is 140 Å². The Bertz CT molecular complexity index is 950. The van der Waals surface area contributed by atoms with Crippen molar-refractivity contribution < 1.29 is 4.39 Å². The van der Waals surface area contributed by atoms with Crippen LogP contribution in [-0.4, -0.2) is 21.1 Å². The minimum atomic E-state index is -0.282. The van der Waals surface area contributed by atoms with E-state index in [9.17, 15) is 4.39 Å². The van der Waals surface area contributed by atoms with E-state index in [1.807, 2.05) is 6.07 Å². The van der Waals surface area contributed by atoms with Crippen LogP contribution in [0, 0.1) is 12.7 Å². The van der Waals surface area contributed by atoms with E-state index in [2.05, 4.69) is 40.8 Å². The van der Waals surface area contributed by atoms with Gasteiger partial charge in [0, 0.05) is 24.8 Å². The van der Waals surface area contributed by atoms with Gasteiger partial charge in [-0.05, 0) is 46.6 Å². The molecular weight excluding hydrogens is 361 g/mol. The quantitative estimate of drug-likeness (QED) is 0.712. The van der Waals surface area contributed by atoms with E-state index in [0.717, 1.165) is 34.8 Å². The Balaban J connectivity index is 1.89. The van der Waals surface area contributed by atoms with Crippen molar-refractivity contribution in [1.29, 1.82) is 0 Å². The predicted octanol–water partition coefficient (Wildman–Crippen LogP) is 3.25. The summed E-state index contributed by atoms with van der Waals surface area (Å²) in [6.45, 7) is 3.41. The first-order chi connectivity index (χ1) is 11.1. The van der Waals surface area contributed by atoms with Crippen molar-refractivity contribution in [1.82, 2.24) is 14.5 Å². The van der Waals surface area contributed by atoms with Gasteiger partial charge in [0.2, 0.25) is 0 Å². The largest absolute Gasteiger partial charge is 0.369 e. The maximum absolute atomic E-state index is 13.6. The summed E-state index contributed by atoms with van der Waals surface area (Å²) in [4.78, 5) is 13.1. The second-order valence-corrected chi connectivity index (χ2v) is 6.27. The van der Waals surface area contributed by atoms with Crippen LogP contribution in [0.4, 0.5) is 15.9 Å². The summed E-state index contributed by atoms with van der Waals surface area (Å²) < 4.78 is 16.7. The van der Waals surface area contributed by atoms with Crippen LogP contribution in [0.1, 0.15) is 5.56 Å². The Morgan fingerprint density at radius 3 is 3.04 bits per heavy atom. The molecule has 0 aromatic heterocycles. The maximum atomic E-state index is 13.6. The third-order valence-corrected chi connectivity index (χ3v) is 4.43. The second-order valence-electron chi connectivity index (χ2n) is 5.41. The maximum Gasteiger partial charge on any atom is 0.251 e. The number of fused-ring (bicyclic) bond motifs is 3. The van der Waals surface area contributed by atoms with Crippen molar-refractivity contribution in [2.24, 2.45) is 4.99 Å². The third-order valence-electron chi connectivity index (χ3n) is 3.83. The second kappa shape index (κ2) is 5.42. The number of pyridine rings is 1. The summed E-state index contributed by atoms with van der Waals surface area (Å²) in [5.41, 5.74) is 2.35. The molecule has 1 aromatic rings. The molecule has 0 fully saturated rings. The normalized spacial score (nSPS) is 14.1. The molecule has 0 spiro atoms. The van der Waals surface area contributed by atoms with Crippen LogP contribution < -0.4 is 10.9 Å². The van der Waals surface area contributed by atoms with Crippen molar-refractivity contribution in [3.05, 3.63) is 51.9 Å². The molecule has 4 rings (SSSR count). The lowest BCUT2D eigenvalue weighted by atomic mass is 10.2. The minimum absolute atomic E-state index is 0.282. The fraction of sp³-hybridized carbons (Fsp3) is 0.188. The molecule has 7 heteroatoms. The zero-order chi connectivity index (χ0) is 16.0. The van der Waals surface area contributed by atoms with Gasteiger partial charge in [-0.25, -0.2) is 14.4 Å². The zero-order valence-corrected chi connectivity index (χ0v) is 13.9. The summed E-state index contributed by atoms with van der Waals surface area (Å²) >= 11 is 3.55. The number of benzene rings is 1. The number of aromatic nitrogens is 3. The summed E-state index contributed by atoms with van der Waals surface area (Å²) in [6.07, 6.45) is 1.74. The number of nitrogens with zero attached hydrogens (tertiary/aromatic N) is 4. The molecule has 1 aromatic carbocycles. The summed E-state index contributed by atoms with van der Waals surface area (Å²) in [5, 5.41) is 3.32. The molecule has 0 aliphatic carbocycles. The van der Waals surface area contributed by atoms with E-state index in [1.54, 1.807) is 25.3 Å². The van der Waals surface area contributed by atoms with Crippen LogP contribution >= 0.6 is 15.9 Å². The number of halogens is 2. The van der Waals surface area contributed by atoms with E-state index >= 15 is 0 Å². The van der Waals surface area contributed by atoms with Gasteiger partial charge in [0.15, 0.2) is 0 Å². The lowest BCUT2D eigenvalue weighted by molar-refractivity contribution is 0.618. The van der Waals surface area contributed by atoms with Gasteiger partial charge in [-0.15, -0.1) is 0 Å². The van der Waals surface area contributed by atoms with Gasteiger partial charge in [-0.1, -0.05) is 6.07 Å². The van der Waals surface area contributed by atoms with Gasteiger partial charge < -0.3 is 9.88 Å². The smallest absolute Gasteiger partial charge is 0.251 e. The Morgan fingerprint density at radius 2 is 2.22 bits per heavy atom. The van der Waals surface area contributed by atoms with Gasteiger partial charge in [-0.3, -0.25) is 0 Å². The van der Waals surface area contributed by atoms with Gasteiger partial charge in [0.05, 0.1) is 10.2 Å². The van der Waals surface area contributed by atoms with Gasteiger partial charge in [0.1, 0.15) is 17.5 Å². The van der Waals surface area contributed by atoms with Gasteiger partial charge in [0.25, 0.3) is 5.62 Å². The fourth-order valence-electron chi connectivity index (χ4n) is 2.64. The lowest BCUT2D eigenvalue weighted by Gasteiger charge is -2.13. The predicted molar refractivity (Wildman–Crippen MR) is 89.2 cm³/mol. The van der Waals surface area contributed by atoms with Crippen molar-refractivity contribution in [3.63, 3.8) is 0 Å². The van der Waals surface area contributed by atoms with Crippen molar-refractivity contribution in [2.45, 2.75) is 13.5 Å². The first-order valence-electron chi connectivity index (χ1n) is 7.23. The van der Waals surface area contributed by atoms with Gasteiger partial charge >= 0.3 is 0 Å². The first-order valence-corrected chi connectivity index (χ1v) is 8.02. The van der Waals surface area contributed by atoms with Crippen LogP contribution in [0.15, 0.2) is 39.9 Å². The molecule has 0 unspecified atom stereocenters. The average Bonchev–Trinajstić information content (AvgIpc) is 3.02. The van der Waals surface area contributed by atoms with Crippen LogP contribution in [-0.2, 0) is 6.54 Å². The molecule has 0 radical (unpaired) electrons. The first kappa shape index (κ1) is 14.3. The molecule has 3 heterocycles. The molecule has 0 amide bonds. The van der Waals surface area contributed by atoms with Crippen LogP contribution in [0.3, 0.4) is 0 Å². The van der Waals surface area contributed by atoms with Crippen LogP contribution in [0.25, 0.3) is 11.4 Å². The fourth-order valence-corrected chi connectivity index (χ4v) is 3.24. The number of aryl methyl sites for hydroxylation is 1. The highest BCUT2D eigenvalue weighted by Gasteiger charge is 2.19. The molecule has 0 saturated heterocycles. The van der Waals surface area contributed by atoms with E-state index in [4.69, 9.17) is 0 Å². The lowest BCUT2D eigenvalue weighted by Crippen LogP contribution is -2.17. The van der Waals surface area contributed by atoms with Crippen LogP contribution in [0.2, 0.25) is 0 Å². The van der Waals surface area contributed by atoms with E-state index in [0.29, 0.717) is 16.9 Å². The number of hydrogen-bond acceptors (Lipinski definition) is 4. The molecule has 5 nitrogen and oxygen atoms in total. The molecule has 0 saturated carbocycles. The molecular formula is C16H13BrFN5. The standard InChI is InChI=1S/C16H13BrFN5/c1-9-2-3-11(7-13(9)18)21-16-20-8-10-6-12(17)15-19-4-5-23(15)14(10)22-16/h2-3,6-8,19H,4-5H2,1H3. The van der Waals surface area contributed by atoms with Gasteiger partial charge in [-0.2, -0.15) is 4.98 Å². The number of rotatable bonds is 1. The van der Waals surface area contributed by atoms with Crippen molar-refractivity contribution in [3.8, 4) is 11.4 Å². The topological polar surface area (TPSA) is 55.1 Å². The number of nitrogens with one attached hydrogen (secondary N) is 1. The molecule has 1 N–H and O–H groups in total. The molecule has 3 aliphatic heterocycles. The molecule has 3 aliphatic rings. The number of anilines is 1. The molecule has 0 atom stereocenters. The van der Waals surface area contributed by atoms with E-state index in [-0.39, 0.29) is 5.82 Å². The highest BCUT2D eigenvalue weighted by molar-refractivity contribution is 9.10. The highest BCUT2D eigenvalue weighted by atomic mass is 79.9. The average molecular weight is 374 g/mol. The summed E-state index contributed by atoms with van der Waals surface area (Å²) in [5.74, 6) is 1.54. The molecule has 23 heavy (non-hydrogen) atoms.